The third-order valence-electron chi connectivity index (χ3n) is 2.16. The molecular weight excluding hydrogens is 286 g/mol. The molecule has 1 N–H and O–H groups in total. The number of hydrogen-bond acceptors (Lipinski definition) is 3. The van der Waals surface area contributed by atoms with Crippen LogP contribution in [0.2, 0.25) is 0 Å². The average molecular weight is 302 g/mol. The zero-order valence-corrected chi connectivity index (χ0v) is 11.5. The second kappa shape index (κ2) is 7.29. The molecule has 5 heteroatoms. The Balaban J connectivity index is 2.51. The topological polar surface area (TPSA) is 47.6 Å². The minimum absolute atomic E-state index is 0.113. The molecule has 1 rings (SSSR count). The van der Waals surface area contributed by atoms with Crippen molar-refractivity contribution in [1.29, 1.82) is 0 Å². The van der Waals surface area contributed by atoms with Gasteiger partial charge in [0.05, 0.1) is 18.5 Å². The highest BCUT2D eigenvalue weighted by Gasteiger charge is 2.09. The molecule has 0 aliphatic rings. The number of benzene rings is 1. The van der Waals surface area contributed by atoms with Gasteiger partial charge < -0.3 is 14.8 Å². The zero-order valence-electron chi connectivity index (χ0n) is 9.90. The fourth-order valence-corrected chi connectivity index (χ4v) is 1.74. The number of carbonyl (C=O) groups excluding carboxylic acids is 1. The molecule has 94 valence electrons. The second-order valence-corrected chi connectivity index (χ2v) is 4.79. The van der Waals surface area contributed by atoms with E-state index in [1.54, 1.807) is 38.5 Å². The number of rotatable bonds is 6. The number of nitrogens with one attached hydrogen (secondary N) is 1. The van der Waals surface area contributed by atoms with Crippen LogP contribution < -0.4 is 10.1 Å². The van der Waals surface area contributed by atoms with Crippen molar-refractivity contribution < 1.29 is 14.3 Å². The summed E-state index contributed by atoms with van der Waals surface area (Å²) in [6.45, 7) is 1.07. The molecule has 17 heavy (non-hydrogen) atoms. The largest absolute Gasteiger partial charge is 0.497 e. The summed E-state index contributed by atoms with van der Waals surface area (Å²) in [4.78, 5) is 11.9. The maximum Gasteiger partial charge on any atom is 0.251 e. The summed E-state index contributed by atoms with van der Waals surface area (Å²) in [5.41, 5.74) is 0.585. The van der Waals surface area contributed by atoms with Crippen LogP contribution in [0, 0.1) is 0 Å². The van der Waals surface area contributed by atoms with Gasteiger partial charge in [0.15, 0.2) is 0 Å². The Kier molecular flexibility index (Phi) is 6.00. The first-order valence-corrected chi connectivity index (χ1v) is 6.14. The quantitative estimate of drug-likeness (QED) is 0.816. The van der Waals surface area contributed by atoms with Crippen LogP contribution in [-0.2, 0) is 4.74 Å². The van der Waals surface area contributed by atoms with Gasteiger partial charge in [0.25, 0.3) is 5.91 Å². The molecule has 0 heterocycles. The van der Waals surface area contributed by atoms with Gasteiger partial charge in [-0.2, -0.15) is 0 Å². The lowest BCUT2D eigenvalue weighted by atomic mass is 10.2. The standard InChI is InChI=1S/C12H16BrNO3/c1-16-8-10(13)7-14-12(15)9-4-3-5-11(6-9)17-2/h3-6,10H,7-8H2,1-2H3,(H,14,15). The van der Waals surface area contributed by atoms with Crippen molar-refractivity contribution in [3.8, 4) is 5.75 Å². The van der Waals surface area contributed by atoms with Gasteiger partial charge in [0.1, 0.15) is 5.75 Å². The first-order chi connectivity index (χ1) is 8.17. The van der Waals surface area contributed by atoms with Crippen LogP contribution in [0.3, 0.4) is 0 Å². The van der Waals surface area contributed by atoms with Gasteiger partial charge in [-0.05, 0) is 18.2 Å². The molecule has 1 unspecified atom stereocenters. The van der Waals surface area contributed by atoms with Crippen molar-refractivity contribution in [1.82, 2.24) is 5.32 Å². The summed E-state index contributed by atoms with van der Waals surface area (Å²) in [5, 5.41) is 2.81. The Morgan fingerprint density at radius 3 is 2.88 bits per heavy atom. The molecule has 0 fully saturated rings. The lowest BCUT2D eigenvalue weighted by Crippen LogP contribution is -2.31. The first kappa shape index (κ1) is 14.0. The summed E-state index contributed by atoms with van der Waals surface area (Å²) in [6.07, 6.45) is 0. The van der Waals surface area contributed by atoms with Gasteiger partial charge in [0, 0.05) is 19.2 Å². The molecule has 0 aliphatic carbocycles. The van der Waals surface area contributed by atoms with Crippen molar-refractivity contribution in [3.05, 3.63) is 29.8 Å². The molecule has 0 aromatic heterocycles. The van der Waals surface area contributed by atoms with E-state index in [4.69, 9.17) is 9.47 Å². The van der Waals surface area contributed by atoms with E-state index in [2.05, 4.69) is 21.2 Å². The van der Waals surface area contributed by atoms with Crippen LogP contribution in [-0.4, -0.2) is 38.1 Å². The van der Waals surface area contributed by atoms with Crippen molar-refractivity contribution in [2.24, 2.45) is 0 Å². The van der Waals surface area contributed by atoms with E-state index in [1.807, 2.05) is 0 Å². The summed E-state index contributed by atoms with van der Waals surface area (Å²) >= 11 is 3.40. The van der Waals surface area contributed by atoms with Crippen LogP contribution in [0.5, 0.6) is 5.75 Å². The molecule has 0 aliphatic heterocycles. The zero-order chi connectivity index (χ0) is 12.7. The van der Waals surface area contributed by atoms with Gasteiger partial charge in [-0.15, -0.1) is 0 Å². The monoisotopic (exact) mass is 301 g/mol. The predicted octanol–water partition coefficient (Wildman–Crippen LogP) is 1.83. The molecule has 0 radical (unpaired) electrons. The van der Waals surface area contributed by atoms with Crippen LogP contribution in [0.1, 0.15) is 10.4 Å². The summed E-state index contributed by atoms with van der Waals surface area (Å²) in [6, 6.07) is 7.04. The minimum Gasteiger partial charge on any atom is -0.497 e. The number of amides is 1. The predicted molar refractivity (Wildman–Crippen MR) is 69.9 cm³/mol. The second-order valence-electron chi connectivity index (χ2n) is 3.49. The van der Waals surface area contributed by atoms with Crippen molar-refractivity contribution >= 4 is 21.8 Å². The van der Waals surface area contributed by atoms with E-state index in [0.29, 0.717) is 24.5 Å². The third-order valence-corrected chi connectivity index (χ3v) is 2.75. The fraction of sp³-hybridized carbons (Fsp3) is 0.417. The smallest absolute Gasteiger partial charge is 0.251 e. The molecule has 0 saturated heterocycles. The molecule has 1 aromatic carbocycles. The first-order valence-electron chi connectivity index (χ1n) is 5.22. The van der Waals surface area contributed by atoms with Crippen LogP contribution in [0.25, 0.3) is 0 Å². The van der Waals surface area contributed by atoms with Crippen molar-refractivity contribution in [2.45, 2.75) is 4.83 Å². The lowest BCUT2D eigenvalue weighted by Gasteiger charge is -2.10. The van der Waals surface area contributed by atoms with E-state index in [-0.39, 0.29) is 10.7 Å². The van der Waals surface area contributed by atoms with E-state index in [0.717, 1.165) is 0 Å². The molecule has 1 amide bonds. The van der Waals surface area contributed by atoms with E-state index in [9.17, 15) is 4.79 Å². The Bertz CT molecular complexity index is 371. The number of alkyl halides is 1. The van der Waals surface area contributed by atoms with Crippen LogP contribution >= 0.6 is 15.9 Å². The fourth-order valence-electron chi connectivity index (χ4n) is 1.31. The number of ether oxygens (including phenoxy) is 2. The molecule has 4 nitrogen and oxygen atoms in total. The normalized spacial score (nSPS) is 11.9. The molecular formula is C12H16BrNO3. The van der Waals surface area contributed by atoms with Gasteiger partial charge in [0.2, 0.25) is 0 Å². The third kappa shape index (κ3) is 4.75. The minimum atomic E-state index is -0.121. The lowest BCUT2D eigenvalue weighted by molar-refractivity contribution is 0.0949. The highest BCUT2D eigenvalue weighted by atomic mass is 79.9. The van der Waals surface area contributed by atoms with Gasteiger partial charge >= 0.3 is 0 Å². The number of hydrogen-bond donors (Lipinski definition) is 1. The van der Waals surface area contributed by atoms with Crippen LogP contribution in [0.4, 0.5) is 0 Å². The number of halogens is 1. The molecule has 1 atom stereocenters. The van der Waals surface area contributed by atoms with Crippen LogP contribution in [0.15, 0.2) is 24.3 Å². The Morgan fingerprint density at radius 2 is 2.24 bits per heavy atom. The van der Waals surface area contributed by atoms with Gasteiger partial charge in [-0.25, -0.2) is 0 Å². The van der Waals surface area contributed by atoms with Crippen molar-refractivity contribution in [3.63, 3.8) is 0 Å². The molecule has 1 aromatic rings. The maximum absolute atomic E-state index is 11.8. The summed E-state index contributed by atoms with van der Waals surface area (Å²) < 4.78 is 10.0. The van der Waals surface area contributed by atoms with E-state index < -0.39 is 0 Å². The highest BCUT2D eigenvalue weighted by Crippen LogP contribution is 2.12. The summed E-state index contributed by atoms with van der Waals surface area (Å²) in [7, 11) is 3.20. The molecule has 0 spiro atoms. The summed E-state index contributed by atoms with van der Waals surface area (Å²) in [5.74, 6) is 0.550. The highest BCUT2D eigenvalue weighted by molar-refractivity contribution is 9.09. The van der Waals surface area contributed by atoms with Gasteiger partial charge in [-0.3, -0.25) is 4.79 Å². The maximum atomic E-state index is 11.8. The van der Waals surface area contributed by atoms with E-state index >= 15 is 0 Å². The van der Waals surface area contributed by atoms with E-state index in [1.165, 1.54) is 0 Å². The SMILES string of the molecule is COCC(Br)CNC(=O)c1cccc(OC)c1. The molecule has 0 bridgehead atoms. The van der Waals surface area contributed by atoms with Gasteiger partial charge in [-0.1, -0.05) is 22.0 Å². The Labute approximate surface area is 109 Å². The molecule has 0 saturated carbocycles. The number of methoxy groups -OCH3 is 2. The Hall–Kier alpha value is -1.07. The van der Waals surface area contributed by atoms with Crippen molar-refractivity contribution in [2.75, 3.05) is 27.4 Å². The number of carbonyl (C=O) groups is 1. The Morgan fingerprint density at radius 1 is 1.47 bits per heavy atom. The average Bonchev–Trinajstić information content (AvgIpc) is 2.36.